The van der Waals surface area contributed by atoms with E-state index in [1.807, 2.05) is 41.5 Å². The van der Waals surface area contributed by atoms with Crippen molar-refractivity contribution >= 4 is 12.2 Å². The molecule has 0 N–H and O–H groups in total. The van der Waals surface area contributed by atoms with Gasteiger partial charge < -0.3 is 0 Å². The quantitative estimate of drug-likeness (QED) is 0.152. The molecule has 0 saturated carbocycles. The molecule has 0 radical (unpaired) electrons. The predicted octanol–water partition coefficient (Wildman–Crippen LogP) is 13.4. The second-order valence-corrected chi connectivity index (χ2v) is 12.0. The smallest absolute Gasteiger partial charge is 0.00139 e. The van der Waals surface area contributed by atoms with Gasteiger partial charge in [0, 0.05) is 0 Å². The Labute approximate surface area is 303 Å². The van der Waals surface area contributed by atoms with Crippen molar-refractivity contribution in [1.29, 1.82) is 0 Å². The van der Waals surface area contributed by atoms with Crippen molar-refractivity contribution in [1.82, 2.24) is 0 Å². The lowest BCUT2D eigenvalue weighted by Gasteiger charge is -2.18. The number of hydrogen-bond donors (Lipinski definition) is 0. The van der Waals surface area contributed by atoms with Gasteiger partial charge in [-0.3, -0.25) is 0 Å². The SMILES string of the molecule is C1=Cc2ccccc2Cc2ccccc21.CC.CC.CC.c1ccc2c(c1)CCc1ccccc1C2.c1ccc2c(c1)Cc1ccccc1C2. The first-order chi connectivity index (χ1) is 24.8. The lowest BCUT2D eigenvalue weighted by molar-refractivity contribution is 0.965. The van der Waals surface area contributed by atoms with Crippen molar-refractivity contribution in [2.75, 3.05) is 0 Å². The van der Waals surface area contributed by atoms with E-state index in [1.165, 1.54) is 79.6 Å². The topological polar surface area (TPSA) is 0 Å². The minimum Gasteiger partial charge on any atom is -0.0683 e. The van der Waals surface area contributed by atoms with Gasteiger partial charge in [0.25, 0.3) is 0 Å². The van der Waals surface area contributed by atoms with Crippen LogP contribution >= 0.6 is 0 Å². The molecule has 0 amide bonds. The minimum atomic E-state index is 1.04. The summed E-state index contributed by atoms with van der Waals surface area (Å²) in [6, 6.07) is 52.3. The van der Waals surface area contributed by atoms with E-state index in [9.17, 15) is 0 Å². The third-order valence-corrected chi connectivity index (χ3v) is 9.21. The number of rotatable bonds is 0. The lowest BCUT2D eigenvalue weighted by atomic mass is 9.86. The average Bonchev–Trinajstić information content (AvgIpc) is 3.52. The Morgan fingerprint density at radius 2 is 0.440 bits per heavy atom. The highest BCUT2D eigenvalue weighted by atomic mass is 14.2. The molecule has 0 spiro atoms. The van der Waals surface area contributed by atoms with E-state index < -0.39 is 0 Å². The van der Waals surface area contributed by atoms with Gasteiger partial charge in [0.1, 0.15) is 0 Å². The molecule has 0 unspecified atom stereocenters. The van der Waals surface area contributed by atoms with Crippen molar-refractivity contribution in [3.05, 3.63) is 212 Å². The van der Waals surface area contributed by atoms with Gasteiger partial charge in [0.15, 0.2) is 0 Å². The Kier molecular flexibility index (Phi) is 15.6. The molecule has 0 heteroatoms. The summed E-state index contributed by atoms with van der Waals surface area (Å²) in [5, 5.41) is 0. The molecule has 9 rings (SSSR count). The number of benzene rings is 6. The molecule has 3 aliphatic rings. The van der Waals surface area contributed by atoms with Crippen LogP contribution in [0.25, 0.3) is 12.2 Å². The molecule has 256 valence electrons. The first-order valence-electron chi connectivity index (χ1n) is 18.9. The molecule has 0 aliphatic heterocycles. The van der Waals surface area contributed by atoms with Gasteiger partial charge in [-0.1, -0.05) is 199 Å². The Hall–Kier alpha value is -4.94. The molecule has 0 bridgehead atoms. The molecule has 6 aromatic rings. The maximum Gasteiger partial charge on any atom is -0.00139 e. The second kappa shape index (κ2) is 20.5. The van der Waals surface area contributed by atoms with Crippen LogP contribution in [0, 0.1) is 0 Å². The number of hydrogen-bond acceptors (Lipinski definition) is 0. The van der Waals surface area contributed by atoms with Crippen LogP contribution in [0.1, 0.15) is 108 Å². The van der Waals surface area contributed by atoms with Crippen molar-refractivity contribution in [3.63, 3.8) is 0 Å². The highest BCUT2D eigenvalue weighted by Gasteiger charge is 2.13. The summed E-state index contributed by atoms with van der Waals surface area (Å²) in [7, 11) is 0. The fourth-order valence-electron chi connectivity index (χ4n) is 6.74. The molecule has 0 saturated heterocycles. The Morgan fingerprint density at radius 3 is 0.740 bits per heavy atom. The molecule has 0 nitrogen and oxygen atoms in total. The van der Waals surface area contributed by atoms with Crippen LogP contribution in [0.15, 0.2) is 146 Å². The first-order valence-corrected chi connectivity index (χ1v) is 18.9. The number of fused-ring (bicyclic) bond motifs is 6. The molecule has 50 heavy (non-hydrogen) atoms. The van der Waals surface area contributed by atoms with E-state index in [-0.39, 0.29) is 0 Å². The summed E-state index contributed by atoms with van der Waals surface area (Å²) >= 11 is 0. The van der Waals surface area contributed by atoms with Gasteiger partial charge in [0.2, 0.25) is 0 Å². The average molecular weight is 657 g/mol. The normalized spacial score (nSPS) is 12.0. The molecule has 0 fully saturated rings. The fraction of sp³-hybridized carbons (Fsp3) is 0.240. The summed E-state index contributed by atoms with van der Waals surface area (Å²) in [6.45, 7) is 12.0. The standard InChI is InChI=1S/C15H14.C15H12.C14H12.3C2H6/c2*1-3-7-14-11-15-8-4-2-6-13(15)10-9-12(14)5-1;1-2-6-12-10-14-8-4-3-7-13(14)9-11(12)5-1;3*1-2/h1-8H,9-11H2;1-10H,11H2;1-8H,9-10H2;3*1-2H3. The van der Waals surface area contributed by atoms with E-state index >= 15 is 0 Å². The Balaban J connectivity index is 0.000000157. The maximum absolute atomic E-state index is 2.27. The van der Waals surface area contributed by atoms with Crippen LogP contribution in [0.2, 0.25) is 0 Å². The molecular weight excluding hydrogens is 601 g/mol. The highest BCUT2D eigenvalue weighted by Crippen LogP contribution is 2.27. The Morgan fingerprint density at radius 1 is 0.240 bits per heavy atom. The van der Waals surface area contributed by atoms with E-state index in [2.05, 4.69) is 158 Å². The summed E-state index contributed by atoms with van der Waals surface area (Å²) in [4.78, 5) is 0. The maximum atomic E-state index is 2.27. The molecule has 3 aliphatic carbocycles. The van der Waals surface area contributed by atoms with E-state index in [0.717, 1.165) is 25.7 Å². The zero-order chi connectivity index (χ0) is 35.6. The lowest BCUT2D eigenvalue weighted by Crippen LogP contribution is -2.06. The van der Waals surface area contributed by atoms with Crippen molar-refractivity contribution in [2.24, 2.45) is 0 Å². The highest BCUT2D eigenvalue weighted by molar-refractivity contribution is 5.75. The van der Waals surface area contributed by atoms with Crippen LogP contribution < -0.4 is 0 Å². The van der Waals surface area contributed by atoms with Gasteiger partial charge in [0.05, 0.1) is 0 Å². The van der Waals surface area contributed by atoms with Crippen molar-refractivity contribution in [3.8, 4) is 0 Å². The van der Waals surface area contributed by atoms with Crippen LogP contribution in [-0.4, -0.2) is 0 Å². The van der Waals surface area contributed by atoms with Crippen LogP contribution in [0.4, 0.5) is 0 Å². The summed E-state index contributed by atoms with van der Waals surface area (Å²) in [5.41, 5.74) is 17.5. The van der Waals surface area contributed by atoms with Crippen LogP contribution in [-0.2, 0) is 38.5 Å². The fourth-order valence-corrected chi connectivity index (χ4v) is 6.74. The van der Waals surface area contributed by atoms with E-state index in [0.29, 0.717) is 0 Å². The summed E-state index contributed by atoms with van der Waals surface area (Å²) in [5.74, 6) is 0. The van der Waals surface area contributed by atoms with Crippen LogP contribution in [0.3, 0.4) is 0 Å². The van der Waals surface area contributed by atoms with Crippen molar-refractivity contribution < 1.29 is 0 Å². The monoisotopic (exact) mass is 656 g/mol. The second-order valence-electron chi connectivity index (χ2n) is 12.0. The van der Waals surface area contributed by atoms with Gasteiger partial charge in [-0.2, -0.15) is 0 Å². The van der Waals surface area contributed by atoms with Gasteiger partial charge in [-0.05, 0) is 105 Å². The Bertz CT molecular complexity index is 1740. The largest absolute Gasteiger partial charge is 0.0683 e. The molecule has 6 aromatic carbocycles. The molecule has 0 heterocycles. The first kappa shape index (κ1) is 37.9. The third kappa shape index (κ3) is 10.1. The molecule has 0 aromatic heterocycles. The predicted molar refractivity (Wildman–Crippen MR) is 220 cm³/mol. The zero-order valence-corrected chi connectivity index (χ0v) is 31.3. The number of aryl methyl sites for hydroxylation is 2. The summed E-state index contributed by atoms with van der Waals surface area (Å²) < 4.78 is 0. The molecular formula is C50H56. The summed E-state index contributed by atoms with van der Waals surface area (Å²) in [6.07, 6.45) is 11.1. The minimum absolute atomic E-state index is 1.04. The zero-order valence-electron chi connectivity index (χ0n) is 31.3. The van der Waals surface area contributed by atoms with E-state index in [4.69, 9.17) is 0 Å². The third-order valence-electron chi connectivity index (χ3n) is 9.21. The van der Waals surface area contributed by atoms with Crippen molar-refractivity contribution in [2.45, 2.75) is 80.1 Å². The van der Waals surface area contributed by atoms with Gasteiger partial charge in [-0.25, -0.2) is 0 Å². The van der Waals surface area contributed by atoms with Crippen LogP contribution in [0.5, 0.6) is 0 Å². The van der Waals surface area contributed by atoms with Gasteiger partial charge in [-0.15, -0.1) is 0 Å². The van der Waals surface area contributed by atoms with E-state index in [1.54, 1.807) is 0 Å². The molecule has 0 atom stereocenters. The van der Waals surface area contributed by atoms with Gasteiger partial charge >= 0.3 is 0 Å².